The summed E-state index contributed by atoms with van der Waals surface area (Å²) in [4.78, 5) is 12.5. The van der Waals surface area contributed by atoms with Gasteiger partial charge in [0.05, 0.1) is 17.6 Å². The van der Waals surface area contributed by atoms with Crippen LogP contribution < -0.4 is 5.32 Å². The zero-order valence-electron chi connectivity index (χ0n) is 12.0. The lowest BCUT2D eigenvalue weighted by atomic mass is 9.83. The van der Waals surface area contributed by atoms with Crippen molar-refractivity contribution in [2.24, 2.45) is 0 Å². The lowest BCUT2D eigenvalue weighted by Crippen LogP contribution is -2.48. The Balaban J connectivity index is 2.07. The van der Waals surface area contributed by atoms with E-state index in [2.05, 4.69) is 5.32 Å². The average molecular weight is 261 g/mol. The molecule has 0 aliphatic heterocycles. The number of rotatable bonds is 4. The molecule has 0 spiro atoms. The third-order valence-electron chi connectivity index (χ3n) is 4.13. The highest BCUT2D eigenvalue weighted by molar-refractivity contribution is 5.87. The Morgan fingerprint density at radius 3 is 2.58 bits per heavy atom. The van der Waals surface area contributed by atoms with Crippen LogP contribution in [0, 0.1) is 0 Å². The van der Waals surface area contributed by atoms with Gasteiger partial charge in [-0.1, -0.05) is 30.3 Å². The number of benzene rings is 1. The van der Waals surface area contributed by atoms with Crippen molar-refractivity contribution in [2.45, 2.75) is 50.7 Å². The smallest absolute Gasteiger partial charge is 0.230 e. The van der Waals surface area contributed by atoms with E-state index >= 15 is 0 Å². The molecule has 0 heterocycles. The van der Waals surface area contributed by atoms with E-state index in [1.807, 2.05) is 44.2 Å². The first-order valence-electron chi connectivity index (χ1n) is 6.95. The van der Waals surface area contributed by atoms with Gasteiger partial charge >= 0.3 is 0 Å². The Kier molecular flexibility index (Phi) is 4.25. The van der Waals surface area contributed by atoms with Crippen LogP contribution in [0.25, 0.3) is 0 Å². The Hall–Kier alpha value is -1.35. The van der Waals surface area contributed by atoms with Gasteiger partial charge in [0.2, 0.25) is 5.91 Å². The minimum atomic E-state index is -0.512. The molecule has 1 amide bonds. The lowest BCUT2D eigenvalue weighted by Gasteiger charge is -2.28. The molecule has 2 rings (SSSR count). The summed E-state index contributed by atoms with van der Waals surface area (Å²) in [5.41, 5.74) is 0.529. The fourth-order valence-corrected chi connectivity index (χ4v) is 2.71. The molecule has 3 nitrogen and oxygen atoms in total. The molecule has 1 aliphatic rings. The Labute approximate surface area is 115 Å². The van der Waals surface area contributed by atoms with Crippen LogP contribution in [0.2, 0.25) is 0 Å². The van der Waals surface area contributed by atoms with Crippen LogP contribution >= 0.6 is 0 Å². The molecule has 0 radical (unpaired) electrons. The van der Waals surface area contributed by atoms with Gasteiger partial charge < -0.3 is 10.1 Å². The fraction of sp³-hybridized carbons (Fsp3) is 0.562. The molecule has 3 heteroatoms. The van der Waals surface area contributed by atoms with E-state index in [0.29, 0.717) is 0 Å². The molecule has 19 heavy (non-hydrogen) atoms. The van der Waals surface area contributed by atoms with E-state index in [0.717, 1.165) is 24.8 Å². The van der Waals surface area contributed by atoms with Crippen LogP contribution in [0.5, 0.6) is 0 Å². The summed E-state index contributed by atoms with van der Waals surface area (Å²) >= 11 is 0. The standard InChI is InChI=1S/C16H23NO2/c1-16(2,12-8-5-4-6-9-12)15(18)17-13-10-7-11-14(13)19-3/h4-6,8-9,13-14H,7,10-11H2,1-3H3,(H,17,18)/t13-,14-/m1/s1. The zero-order chi connectivity index (χ0) is 13.9. The van der Waals surface area contributed by atoms with E-state index in [9.17, 15) is 4.79 Å². The SMILES string of the molecule is CO[C@@H]1CCC[C@H]1NC(=O)C(C)(C)c1ccccc1. The van der Waals surface area contributed by atoms with Gasteiger partial charge in [0.1, 0.15) is 0 Å². The van der Waals surface area contributed by atoms with Crippen molar-refractivity contribution in [1.29, 1.82) is 0 Å². The number of ether oxygens (including phenoxy) is 1. The topological polar surface area (TPSA) is 38.3 Å². The Morgan fingerprint density at radius 1 is 1.26 bits per heavy atom. The average Bonchev–Trinajstić information content (AvgIpc) is 2.87. The van der Waals surface area contributed by atoms with Crippen molar-refractivity contribution < 1.29 is 9.53 Å². The van der Waals surface area contributed by atoms with E-state index in [4.69, 9.17) is 4.74 Å². The molecule has 0 bridgehead atoms. The molecule has 104 valence electrons. The van der Waals surface area contributed by atoms with Crippen molar-refractivity contribution in [3.05, 3.63) is 35.9 Å². The van der Waals surface area contributed by atoms with E-state index in [1.54, 1.807) is 7.11 Å². The van der Waals surface area contributed by atoms with E-state index in [-0.39, 0.29) is 18.1 Å². The summed E-state index contributed by atoms with van der Waals surface area (Å²) < 4.78 is 5.43. The first-order chi connectivity index (χ1) is 9.05. The molecule has 1 aromatic rings. The van der Waals surface area contributed by atoms with Crippen LogP contribution in [0.15, 0.2) is 30.3 Å². The minimum absolute atomic E-state index is 0.0765. The van der Waals surface area contributed by atoms with Gasteiger partial charge in [-0.3, -0.25) is 4.79 Å². The van der Waals surface area contributed by atoms with Gasteiger partial charge in [0, 0.05) is 7.11 Å². The number of carbonyl (C=O) groups excluding carboxylic acids is 1. The van der Waals surface area contributed by atoms with Crippen molar-refractivity contribution in [3.63, 3.8) is 0 Å². The summed E-state index contributed by atoms with van der Waals surface area (Å²) in [7, 11) is 1.72. The van der Waals surface area contributed by atoms with Gasteiger partial charge in [-0.05, 0) is 38.7 Å². The number of hydrogen-bond acceptors (Lipinski definition) is 2. The summed E-state index contributed by atoms with van der Waals surface area (Å²) in [6.45, 7) is 3.93. The predicted molar refractivity (Wildman–Crippen MR) is 76.0 cm³/mol. The Bertz CT molecular complexity index is 428. The second-order valence-corrected chi connectivity index (χ2v) is 5.78. The van der Waals surface area contributed by atoms with Gasteiger partial charge in [-0.25, -0.2) is 0 Å². The fourth-order valence-electron chi connectivity index (χ4n) is 2.71. The molecule has 2 atom stereocenters. The van der Waals surface area contributed by atoms with Crippen molar-refractivity contribution in [1.82, 2.24) is 5.32 Å². The highest BCUT2D eigenvalue weighted by Crippen LogP contribution is 2.26. The number of methoxy groups -OCH3 is 1. The molecule has 0 unspecified atom stereocenters. The first-order valence-corrected chi connectivity index (χ1v) is 6.95. The Morgan fingerprint density at radius 2 is 1.95 bits per heavy atom. The maximum absolute atomic E-state index is 12.5. The van der Waals surface area contributed by atoms with E-state index < -0.39 is 5.41 Å². The molecule has 0 saturated heterocycles. The lowest BCUT2D eigenvalue weighted by molar-refractivity contribution is -0.127. The predicted octanol–water partition coefficient (Wildman–Crippen LogP) is 2.65. The second kappa shape index (κ2) is 5.74. The largest absolute Gasteiger partial charge is 0.379 e. The third kappa shape index (κ3) is 2.98. The second-order valence-electron chi connectivity index (χ2n) is 5.78. The van der Waals surface area contributed by atoms with Crippen molar-refractivity contribution >= 4 is 5.91 Å². The van der Waals surface area contributed by atoms with Crippen LogP contribution in [0.4, 0.5) is 0 Å². The summed E-state index contributed by atoms with van der Waals surface area (Å²) in [6.07, 6.45) is 3.33. The van der Waals surface area contributed by atoms with Crippen LogP contribution in [0.3, 0.4) is 0 Å². The quantitative estimate of drug-likeness (QED) is 0.905. The molecular formula is C16H23NO2. The molecule has 1 aliphatic carbocycles. The molecule has 1 aromatic carbocycles. The summed E-state index contributed by atoms with van der Waals surface area (Å²) in [5, 5.41) is 3.15. The molecular weight excluding hydrogens is 238 g/mol. The highest BCUT2D eigenvalue weighted by atomic mass is 16.5. The number of nitrogens with one attached hydrogen (secondary N) is 1. The monoisotopic (exact) mass is 261 g/mol. The van der Waals surface area contributed by atoms with Crippen LogP contribution in [0.1, 0.15) is 38.7 Å². The normalized spacial score (nSPS) is 23.3. The van der Waals surface area contributed by atoms with Crippen LogP contribution in [-0.2, 0) is 14.9 Å². The number of carbonyl (C=O) groups is 1. The summed E-state index contributed by atoms with van der Waals surface area (Å²) in [6, 6.07) is 10.1. The van der Waals surface area contributed by atoms with Crippen molar-refractivity contribution in [2.75, 3.05) is 7.11 Å². The highest BCUT2D eigenvalue weighted by Gasteiger charge is 2.35. The number of amides is 1. The van der Waals surface area contributed by atoms with Gasteiger partial charge in [0.15, 0.2) is 0 Å². The third-order valence-corrected chi connectivity index (χ3v) is 4.13. The summed E-state index contributed by atoms with van der Waals surface area (Å²) in [5.74, 6) is 0.0765. The van der Waals surface area contributed by atoms with E-state index in [1.165, 1.54) is 0 Å². The van der Waals surface area contributed by atoms with Crippen molar-refractivity contribution in [3.8, 4) is 0 Å². The first kappa shape index (κ1) is 14.1. The zero-order valence-corrected chi connectivity index (χ0v) is 12.0. The van der Waals surface area contributed by atoms with Gasteiger partial charge in [-0.15, -0.1) is 0 Å². The molecule has 1 N–H and O–H groups in total. The minimum Gasteiger partial charge on any atom is -0.379 e. The number of hydrogen-bond donors (Lipinski definition) is 1. The maximum Gasteiger partial charge on any atom is 0.230 e. The van der Waals surface area contributed by atoms with Gasteiger partial charge in [-0.2, -0.15) is 0 Å². The molecule has 1 fully saturated rings. The molecule has 1 saturated carbocycles. The van der Waals surface area contributed by atoms with Gasteiger partial charge in [0.25, 0.3) is 0 Å². The van der Waals surface area contributed by atoms with Crippen LogP contribution in [-0.4, -0.2) is 25.2 Å². The maximum atomic E-state index is 12.5. The molecule has 0 aromatic heterocycles.